The van der Waals surface area contributed by atoms with Crippen LogP contribution in [0.15, 0.2) is 30.3 Å². The van der Waals surface area contributed by atoms with E-state index in [0.29, 0.717) is 18.1 Å². The Labute approximate surface area is 257 Å². The second kappa shape index (κ2) is 15.9. The van der Waals surface area contributed by atoms with Crippen LogP contribution in [0.4, 0.5) is 0 Å². The fourth-order valence-corrected chi connectivity index (χ4v) is 6.10. The highest BCUT2D eigenvalue weighted by atomic mass is 16.6. The van der Waals surface area contributed by atoms with Crippen LogP contribution < -0.4 is 15.8 Å². The fourth-order valence-electron chi connectivity index (χ4n) is 6.10. The lowest BCUT2D eigenvalue weighted by atomic mass is 9.78. The molecular formula is C32H44N2O10. The number of Topliss-reactive ketones (excluding diaryl/α,β-unsaturated/α-hetero) is 2. The van der Waals surface area contributed by atoms with Crippen molar-refractivity contribution in [2.75, 3.05) is 6.61 Å². The van der Waals surface area contributed by atoms with Gasteiger partial charge in [0.15, 0.2) is 29.7 Å². The topological polar surface area (TPSA) is 199 Å². The van der Waals surface area contributed by atoms with Gasteiger partial charge in [0.25, 0.3) is 0 Å². The number of carboxylic acids is 1. The molecule has 242 valence electrons. The number of imide groups is 1. The third-order valence-corrected chi connectivity index (χ3v) is 8.73. The number of nitrogens with one attached hydrogen (secondary N) is 1. The van der Waals surface area contributed by atoms with E-state index >= 15 is 0 Å². The van der Waals surface area contributed by atoms with Crippen LogP contribution in [0.25, 0.3) is 0 Å². The van der Waals surface area contributed by atoms with Crippen LogP contribution in [0.2, 0.25) is 0 Å². The highest BCUT2D eigenvalue weighted by Crippen LogP contribution is 2.38. The number of aliphatic carboxylic acids is 1. The Bertz CT molecular complexity index is 1200. The number of amides is 2. The van der Waals surface area contributed by atoms with E-state index in [4.69, 9.17) is 15.2 Å². The minimum absolute atomic E-state index is 0.0453. The average molecular weight is 617 g/mol. The monoisotopic (exact) mass is 616 g/mol. The Kier molecular flexibility index (Phi) is 12.6. The number of carbonyl (C=O) groups is 6. The summed E-state index contributed by atoms with van der Waals surface area (Å²) in [6.07, 6.45) is 1.31. The Hall–Kier alpha value is -3.64. The van der Waals surface area contributed by atoms with Crippen molar-refractivity contribution in [3.8, 4) is 5.75 Å². The van der Waals surface area contributed by atoms with Crippen molar-refractivity contribution in [2.45, 2.75) is 96.3 Å². The largest absolute Gasteiger partial charge is 0.482 e. The number of nitrogens with two attached hydrogens (primary N) is 1. The van der Waals surface area contributed by atoms with Gasteiger partial charge in [0.05, 0.1) is 12.5 Å². The molecule has 1 unspecified atom stereocenters. The van der Waals surface area contributed by atoms with E-state index in [-0.39, 0.29) is 12.3 Å². The van der Waals surface area contributed by atoms with E-state index in [9.17, 15) is 39.0 Å². The van der Waals surface area contributed by atoms with Crippen molar-refractivity contribution in [1.29, 1.82) is 0 Å². The molecule has 12 heteroatoms. The lowest BCUT2D eigenvalue weighted by molar-refractivity contribution is -0.159. The summed E-state index contributed by atoms with van der Waals surface area (Å²) in [5.74, 6) is -6.94. The van der Waals surface area contributed by atoms with Gasteiger partial charge in [-0.15, -0.1) is 0 Å². The first-order chi connectivity index (χ1) is 20.8. The van der Waals surface area contributed by atoms with E-state index in [1.165, 1.54) is 6.42 Å². The Morgan fingerprint density at radius 3 is 2.34 bits per heavy atom. The zero-order valence-electron chi connectivity index (χ0n) is 25.4. The van der Waals surface area contributed by atoms with Crippen molar-refractivity contribution in [1.82, 2.24) is 5.32 Å². The van der Waals surface area contributed by atoms with Crippen LogP contribution in [-0.2, 0) is 33.5 Å². The first-order valence-electron chi connectivity index (χ1n) is 15.3. The van der Waals surface area contributed by atoms with Crippen LogP contribution >= 0.6 is 0 Å². The number of hydrogen-bond acceptors (Lipinski definition) is 10. The highest BCUT2D eigenvalue weighted by Gasteiger charge is 2.61. The summed E-state index contributed by atoms with van der Waals surface area (Å²) < 4.78 is 10.5. The molecule has 0 spiro atoms. The molecule has 0 radical (unpaired) electrons. The van der Waals surface area contributed by atoms with Gasteiger partial charge < -0.3 is 25.4 Å². The second-order valence-electron chi connectivity index (χ2n) is 12.2. The molecule has 2 fully saturated rings. The summed E-state index contributed by atoms with van der Waals surface area (Å²) in [5, 5.41) is 22.3. The normalized spacial score (nSPS) is 22.7. The summed E-state index contributed by atoms with van der Waals surface area (Å²) in [6.45, 7) is 2.89. The van der Waals surface area contributed by atoms with Crippen molar-refractivity contribution in [3.05, 3.63) is 30.3 Å². The maximum atomic E-state index is 13.5. The van der Waals surface area contributed by atoms with E-state index in [1.807, 2.05) is 0 Å². The standard InChI is InChI=1S/C32H44N2O10/c1-19(2)22(16-24(35)23(33)15-20-9-5-3-6-10-20)30(41)34-31(42)32(14-13-27(37)38)26(36)17-25(29(32)40)44-28(39)18-43-21-11-7-4-8-12-21/h4,7-8,11-12,19-20,22-25,35H,3,5-6,9-10,13-18,33H2,1-2H3,(H,37,38)(H,34,41,42)/t22?,23-,24-,25-,32-/m0/s1. The number of carbonyl (C=O) groups excluding carboxylic acids is 5. The predicted octanol–water partition coefficient (Wildman–Crippen LogP) is 2.33. The van der Waals surface area contributed by atoms with Crippen LogP contribution in [0.3, 0.4) is 0 Å². The van der Waals surface area contributed by atoms with Crippen molar-refractivity contribution in [2.24, 2.45) is 28.9 Å². The summed E-state index contributed by atoms with van der Waals surface area (Å²) in [6, 6.07) is 7.76. The molecule has 3 rings (SSSR count). The van der Waals surface area contributed by atoms with Crippen LogP contribution in [-0.4, -0.2) is 70.4 Å². The third-order valence-electron chi connectivity index (χ3n) is 8.73. The lowest BCUT2D eigenvalue weighted by Gasteiger charge is -2.30. The van der Waals surface area contributed by atoms with Crippen molar-refractivity contribution >= 4 is 35.3 Å². The number of para-hydroxylation sites is 1. The van der Waals surface area contributed by atoms with Gasteiger partial charge in [-0.25, -0.2) is 4.79 Å². The predicted molar refractivity (Wildman–Crippen MR) is 157 cm³/mol. The smallest absolute Gasteiger partial charge is 0.344 e. The molecule has 0 bridgehead atoms. The molecule has 2 aliphatic rings. The average Bonchev–Trinajstić information content (AvgIpc) is 3.22. The van der Waals surface area contributed by atoms with E-state index in [1.54, 1.807) is 44.2 Å². The Morgan fingerprint density at radius 1 is 1.07 bits per heavy atom. The lowest BCUT2D eigenvalue weighted by Crippen LogP contribution is -2.53. The molecule has 12 nitrogen and oxygen atoms in total. The molecule has 0 aliphatic heterocycles. The molecule has 1 aromatic carbocycles. The summed E-state index contributed by atoms with van der Waals surface area (Å²) in [4.78, 5) is 77.4. The molecule has 44 heavy (non-hydrogen) atoms. The number of benzene rings is 1. The van der Waals surface area contributed by atoms with Gasteiger partial charge in [-0.05, 0) is 43.2 Å². The molecule has 2 aliphatic carbocycles. The zero-order valence-corrected chi connectivity index (χ0v) is 25.4. The molecule has 5 atom stereocenters. The van der Waals surface area contributed by atoms with Crippen molar-refractivity contribution in [3.63, 3.8) is 0 Å². The molecule has 0 aromatic heterocycles. The summed E-state index contributed by atoms with van der Waals surface area (Å²) in [5.41, 5.74) is 3.76. The SMILES string of the molecule is CC(C)C(C[C@H](O)[C@@H](N)CC1CCCCC1)C(=O)NC(=O)[C@@]1(CCC(=O)O)C(=O)C[C@H](OC(=O)COc2ccccc2)C1=O. The first-order valence-corrected chi connectivity index (χ1v) is 15.3. The van der Waals surface area contributed by atoms with Gasteiger partial charge in [-0.3, -0.25) is 29.3 Å². The van der Waals surface area contributed by atoms with Crippen LogP contribution in [0, 0.1) is 23.2 Å². The van der Waals surface area contributed by atoms with Crippen molar-refractivity contribution < 1.29 is 48.5 Å². The van der Waals surface area contributed by atoms with Crippen LogP contribution in [0.5, 0.6) is 5.75 Å². The third kappa shape index (κ3) is 8.95. The number of aliphatic hydroxyl groups is 1. The summed E-state index contributed by atoms with van der Waals surface area (Å²) in [7, 11) is 0. The Morgan fingerprint density at radius 2 is 1.73 bits per heavy atom. The minimum atomic E-state index is -2.53. The molecule has 0 heterocycles. The summed E-state index contributed by atoms with van der Waals surface area (Å²) >= 11 is 0. The molecule has 1 aromatic rings. The maximum Gasteiger partial charge on any atom is 0.344 e. The minimum Gasteiger partial charge on any atom is -0.482 e. The number of hydrogen-bond donors (Lipinski definition) is 4. The van der Waals surface area contributed by atoms with Gasteiger partial charge in [0.1, 0.15) is 5.75 Å². The van der Waals surface area contributed by atoms with Gasteiger partial charge in [-0.2, -0.15) is 0 Å². The molecule has 2 saturated carbocycles. The number of aliphatic hydroxyl groups excluding tert-OH is 1. The first kappa shape index (κ1) is 34.8. The van der Waals surface area contributed by atoms with Crippen LogP contribution in [0.1, 0.15) is 78.1 Å². The number of esters is 1. The molecule has 2 amide bonds. The molecule has 0 saturated heterocycles. The maximum absolute atomic E-state index is 13.5. The molecule has 5 N–H and O–H groups in total. The quantitative estimate of drug-likeness (QED) is 0.167. The van der Waals surface area contributed by atoms with Gasteiger partial charge >= 0.3 is 11.9 Å². The number of ketones is 2. The van der Waals surface area contributed by atoms with Gasteiger partial charge in [-0.1, -0.05) is 64.2 Å². The number of carboxylic acid groups (broad SMARTS) is 1. The van der Waals surface area contributed by atoms with E-state index < -0.39 is 90.8 Å². The van der Waals surface area contributed by atoms with Gasteiger partial charge in [0, 0.05) is 18.4 Å². The van der Waals surface area contributed by atoms with Gasteiger partial charge in [0.2, 0.25) is 11.8 Å². The van der Waals surface area contributed by atoms with E-state index in [2.05, 4.69) is 5.32 Å². The Balaban J connectivity index is 1.69. The second-order valence-corrected chi connectivity index (χ2v) is 12.2. The number of rotatable bonds is 15. The highest BCUT2D eigenvalue weighted by molar-refractivity contribution is 6.31. The number of ether oxygens (including phenoxy) is 2. The zero-order chi connectivity index (χ0) is 32.4. The van der Waals surface area contributed by atoms with E-state index in [0.717, 1.165) is 25.7 Å². The fraction of sp³-hybridized carbons (Fsp3) is 0.625. The molecular weight excluding hydrogens is 572 g/mol.